The number of nitrogens with one attached hydrogen (secondary N) is 1. The van der Waals surface area contributed by atoms with E-state index in [2.05, 4.69) is 5.32 Å². The van der Waals surface area contributed by atoms with Crippen LogP contribution in [0.4, 0.5) is 0 Å². The van der Waals surface area contributed by atoms with Crippen LogP contribution < -0.4 is 5.32 Å². The summed E-state index contributed by atoms with van der Waals surface area (Å²) in [4.78, 5) is 58.1. The van der Waals surface area contributed by atoms with Gasteiger partial charge < -0.3 is 29.7 Å². The van der Waals surface area contributed by atoms with E-state index in [-0.39, 0.29) is 37.3 Å². The van der Waals surface area contributed by atoms with E-state index in [0.717, 1.165) is 5.56 Å². The molecule has 7 atom stereocenters. The fraction of sp³-hybridized carbons (Fsp3) is 0.562. The van der Waals surface area contributed by atoms with Crippen molar-refractivity contribution in [3.05, 3.63) is 60.2 Å². The van der Waals surface area contributed by atoms with Crippen LogP contribution >= 0.6 is 0 Å². The summed E-state index contributed by atoms with van der Waals surface area (Å²) in [6.07, 6.45) is 6.85. The van der Waals surface area contributed by atoms with Gasteiger partial charge in [-0.3, -0.25) is 19.2 Å². The number of allylic oxidation sites excluding steroid dienone is 1. The smallest absolute Gasteiger partial charge is 0.313 e. The topological polar surface area (TPSA) is 125 Å². The normalized spacial score (nSPS) is 33.1. The highest BCUT2D eigenvalue weighted by molar-refractivity contribution is 5.99. The molecule has 2 saturated heterocycles. The number of carbonyl (C=O) groups is 4. The largest absolute Gasteiger partial charge is 0.460 e. The zero-order chi connectivity index (χ0) is 30.0. The highest BCUT2D eigenvalue weighted by Crippen LogP contribution is 2.54. The lowest BCUT2D eigenvalue weighted by Gasteiger charge is -2.39. The lowest BCUT2D eigenvalue weighted by atomic mass is 9.78. The first-order valence-electron chi connectivity index (χ1n) is 14.9. The predicted molar refractivity (Wildman–Crippen MR) is 153 cm³/mol. The van der Waals surface area contributed by atoms with Crippen molar-refractivity contribution in [1.29, 1.82) is 0 Å². The summed E-state index contributed by atoms with van der Waals surface area (Å²) in [6.45, 7) is 6.15. The van der Waals surface area contributed by atoms with Gasteiger partial charge in [-0.25, -0.2) is 0 Å². The average Bonchev–Trinajstić information content (AvgIpc) is 3.35. The summed E-state index contributed by atoms with van der Waals surface area (Å²) in [7, 11) is 0. The van der Waals surface area contributed by atoms with Gasteiger partial charge in [0.05, 0.1) is 31.2 Å². The standard InChI is InChI=1S/C32H41N3O7/c1-20(2)16-23(19-36)35-28-30(39)34(18-22-10-5-4-6-11-22)15-9-14-32(28)27(29(35)38)26-24(42-32)12-7-8-13-25(37)33-17-21(3)41-31(26)40/h4-7,9-12,14,20-21,23-24,26-28,36H,8,13,15-19H2,1-3H3,(H,33,37)/b12-7-/t21-,23-,24-,26+,27+,28-,32+/m1/s1. The Morgan fingerprint density at radius 3 is 2.57 bits per heavy atom. The Bertz CT molecular complexity index is 1250. The molecule has 0 aliphatic carbocycles. The van der Waals surface area contributed by atoms with Gasteiger partial charge in [-0.1, -0.05) is 68.5 Å². The third-order valence-electron chi connectivity index (χ3n) is 8.62. The summed E-state index contributed by atoms with van der Waals surface area (Å²) in [5.41, 5.74) is -0.485. The SMILES string of the molecule is CC(C)C[C@H](CO)N1C(=O)[C@@H]2[C@H]3C(=O)O[C@H](C)CNC(=O)CC/C=C\[C@H]3O[C@@]23C=CCN(Cc2ccccc2)C(=O)[C@@H]13. The average molecular weight is 580 g/mol. The van der Waals surface area contributed by atoms with Gasteiger partial charge in [0.1, 0.15) is 23.7 Å². The van der Waals surface area contributed by atoms with Crippen LogP contribution in [0.25, 0.3) is 0 Å². The van der Waals surface area contributed by atoms with Crippen molar-refractivity contribution >= 4 is 23.7 Å². The molecule has 42 heavy (non-hydrogen) atoms. The first-order valence-corrected chi connectivity index (χ1v) is 14.9. The Morgan fingerprint density at radius 2 is 1.86 bits per heavy atom. The molecule has 1 spiro atoms. The number of hydrogen-bond acceptors (Lipinski definition) is 7. The number of hydrogen-bond donors (Lipinski definition) is 2. The highest BCUT2D eigenvalue weighted by atomic mass is 16.6. The number of ether oxygens (including phenoxy) is 2. The maximum atomic E-state index is 14.5. The van der Waals surface area contributed by atoms with E-state index in [0.29, 0.717) is 25.9 Å². The van der Waals surface area contributed by atoms with E-state index in [1.165, 1.54) is 4.90 Å². The van der Waals surface area contributed by atoms with Gasteiger partial charge in [0.2, 0.25) is 17.7 Å². The van der Waals surface area contributed by atoms with Crippen LogP contribution in [-0.4, -0.2) is 88.2 Å². The Morgan fingerprint density at radius 1 is 1.10 bits per heavy atom. The number of rotatable bonds is 6. The number of fused-ring (bicyclic) bond motifs is 2. The molecule has 0 bridgehead atoms. The number of aliphatic hydroxyl groups excluding tert-OH is 1. The molecule has 4 heterocycles. The second-order valence-corrected chi connectivity index (χ2v) is 12.2. The number of cyclic esters (lactones) is 1. The quantitative estimate of drug-likeness (QED) is 0.390. The van der Waals surface area contributed by atoms with Crippen LogP contribution in [0.1, 0.15) is 45.6 Å². The van der Waals surface area contributed by atoms with Gasteiger partial charge in [-0.05, 0) is 31.2 Å². The second-order valence-electron chi connectivity index (χ2n) is 12.2. The fourth-order valence-electron chi connectivity index (χ4n) is 6.81. The maximum Gasteiger partial charge on any atom is 0.313 e. The van der Waals surface area contributed by atoms with Crippen LogP contribution in [0.5, 0.6) is 0 Å². The molecule has 0 aromatic heterocycles. The summed E-state index contributed by atoms with van der Waals surface area (Å²) >= 11 is 0. The van der Waals surface area contributed by atoms with Gasteiger partial charge in [0.15, 0.2) is 0 Å². The minimum absolute atomic E-state index is 0.141. The lowest BCUT2D eigenvalue weighted by molar-refractivity contribution is -0.160. The van der Waals surface area contributed by atoms with Crippen LogP contribution in [0.15, 0.2) is 54.6 Å². The molecule has 0 unspecified atom stereocenters. The van der Waals surface area contributed by atoms with Crippen LogP contribution in [0.3, 0.4) is 0 Å². The molecule has 1 aromatic carbocycles. The molecule has 10 heteroatoms. The Labute approximate surface area is 246 Å². The van der Waals surface area contributed by atoms with Crippen molar-refractivity contribution in [1.82, 2.24) is 15.1 Å². The van der Waals surface area contributed by atoms with E-state index in [4.69, 9.17) is 9.47 Å². The molecule has 3 amide bonds. The Hall–Kier alpha value is -3.50. The van der Waals surface area contributed by atoms with E-state index < -0.39 is 53.6 Å². The van der Waals surface area contributed by atoms with Gasteiger partial charge in [-0.15, -0.1) is 0 Å². The van der Waals surface area contributed by atoms with E-state index in [1.807, 2.05) is 50.3 Å². The summed E-state index contributed by atoms with van der Waals surface area (Å²) < 4.78 is 12.5. The van der Waals surface area contributed by atoms with Crippen LogP contribution in [0, 0.1) is 17.8 Å². The molecular formula is C32H41N3O7. The molecule has 10 nitrogen and oxygen atoms in total. The molecule has 2 N–H and O–H groups in total. The maximum absolute atomic E-state index is 14.5. The third-order valence-corrected chi connectivity index (χ3v) is 8.62. The van der Waals surface area contributed by atoms with E-state index in [1.54, 1.807) is 30.1 Å². The van der Waals surface area contributed by atoms with Gasteiger partial charge in [0, 0.05) is 19.5 Å². The lowest BCUT2D eigenvalue weighted by Crippen LogP contribution is -2.58. The summed E-state index contributed by atoms with van der Waals surface area (Å²) in [5.74, 6) is -3.34. The number of aliphatic hydroxyl groups is 1. The minimum atomic E-state index is -1.43. The molecule has 4 aliphatic heterocycles. The second kappa shape index (κ2) is 12.4. The molecule has 4 aliphatic rings. The predicted octanol–water partition coefficient (Wildman–Crippen LogP) is 1.97. The third kappa shape index (κ3) is 5.62. The van der Waals surface area contributed by atoms with Gasteiger partial charge in [0.25, 0.3) is 0 Å². The van der Waals surface area contributed by atoms with Crippen molar-refractivity contribution in [2.45, 2.75) is 76.5 Å². The van der Waals surface area contributed by atoms with Crippen molar-refractivity contribution in [2.75, 3.05) is 19.7 Å². The number of carbonyl (C=O) groups excluding carboxylic acids is 4. The monoisotopic (exact) mass is 579 g/mol. The van der Waals surface area contributed by atoms with E-state index >= 15 is 0 Å². The number of likely N-dealkylation sites (tertiary alicyclic amines) is 1. The Kier molecular flexibility index (Phi) is 8.84. The summed E-state index contributed by atoms with van der Waals surface area (Å²) in [5, 5.41) is 13.3. The zero-order valence-electron chi connectivity index (χ0n) is 24.5. The van der Waals surface area contributed by atoms with Crippen molar-refractivity contribution in [3.8, 4) is 0 Å². The van der Waals surface area contributed by atoms with Crippen molar-refractivity contribution < 1.29 is 33.8 Å². The van der Waals surface area contributed by atoms with Crippen molar-refractivity contribution in [3.63, 3.8) is 0 Å². The molecule has 0 saturated carbocycles. The number of nitrogens with zero attached hydrogens (tertiary/aromatic N) is 2. The van der Waals surface area contributed by atoms with Crippen molar-refractivity contribution in [2.24, 2.45) is 17.8 Å². The zero-order valence-corrected chi connectivity index (χ0v) is 24.5. The molecule has 226 valence electrons. The van der Waals surface area contributed by atoms with Crippen LogP contribution in [-0.2, 0) is 35.2 Å². The molecule has 2 fully saturated rings. The fourth-order valence-corrected chi connectivity index (χ4v) is 6.81. The minimum Gasteiger partial charge on any atom is -0.460 e. The van der Waals surface area contributed by atoms with Gasteiger partial charge in [-0.2, -0.15) is 0 Å². The molecule has 1 aromatic rings. The van der Waals surface area contributed by atoms with Gasteiger partial charge >= 0.3 is 5.97 Å². The van der Waals surface area contributed by atoms with Crippen LogP contribution in [0.2, 0.25) is 0 Å². The Balaban J connectivity index is 1.59. The molecule has 0 radical (unpaired) electrons. The number of benzene rings is 1. The highest BCUT2D eigenvalue weighted by Gasteiger charge is 2.72. The van der Waals surface area contributed by atoms with E-state index in [9.17, 15) is 24.3 Å². The first-order chi connectivity index (χ1) is 20.2. The number of esters is 1. The first kappa shape index (κ1) is 30.0. The summed E-state index contributed by atoms with van der Waals surface area (Å²) in [6, 6.07) is 7.92. The number of amides is 3. The molecular weight excluding hydrogens is 538 g/mol. The molecule has 5 rings (SSSR count).